The fraction of sp³-hybridized carbons (Fsp3) is 0.422. The fourth-order valence-electron chi connectivity index (χ4n) is 8.67. The third kappa shape index (κ3) is 7.87. The number of rotatable bonds is 10. The molecule has 3 aliphatic rings. The summed E-state index contributed by atoms with van der Waals surface area (Å²) in [6.45, 7) is 8.77. The zero-order valence-corrected chi connectivity index (χ0v) is 34.8. The molecule has 4 atom stereocenters. The number of ether oxygens (including phenoxy) is 3. The van der Waals surface area contributed by atoms with Crippen molar-refractivity contribution in [2.24, 2.45) is 11.8 Å². The second-order valence-electron chi connectivity index (χ2n) is 16.6. The Morgan fingerprint density at radius 2 is 1.25 bits per heavy atom. The number of benzene rings is 3. The third-order valence-corrected chi connectivity index (χ3v) is 12.0. The molecule has 314 valence electrons. The van der Waals surface area contributed by atoms with Crippen LogP contribution in [0.3, 0.4) is 0 Å². The van der Waals surface area contributed by atoms with Gasteiger partial charge in [0.2, 0.25) is 11.8 Å². The fourth-order valence-corrected chi connectivity index (χ4v) is 8.67. The van der Waals surface area contributed by atoms with Gasteiger partial charge in [-0.2, -0.15) is 0 Å². The maximum Gasteiger partial charge on any atom is 0.407 e. The second-order valence-corrected chi connectivity index (χ2v) is 16.6. The molecule has 3 aliphatic heterocycles. The predicted molar refractivity (Wildman–Crippen MR) is 224 cm³/mol. The lowest BCUT2D eigenvalue weighted by atomic mass is 9.95. The van der Waals surface area contributed by atoms with Crippen LogP contribution in [0.5, 0.6) is 11.5 Å². The van der Waals surface area contributed by atoms with E-state index in [0.29, 0.717) is 18.9 Å². The number of fused-ring (bicyclic) bond motifs is 3. The van der Waals surface area contributed by atoms with Gasteiger partial charge in [-0.15, -0.1) is 0 Å². The zero-order chi connectivity index (χ0) is 42.2. The summed E-state index contributed by atoms with van der Waals surface area (Å²) in [5.74, 6) is 2.45. The average molecular weight is 817 g/mol. The quantitative estimate of drug-likeness (QED) is 0.109. The molecule has 0 bridgehead atoms. The number of amides is 4. The van der Waals surface area contributed by atoms with Gasteiger partial charge in [-0.25, -0.2) is 19.6 Å². The van der Waals surface area contributed by atoms with Crippen LogP contribution in [-0.4, -0.2) is 93.1 Å². The van der Waals surface area contributed by atoms with Crippen molar-refractivity contribution in [1.82, 2.24) is 40.4 Å². The Morgan fingerprint density at radius 1 is 0.717 bits per heavy atom. The van der Waals surface area contributed by atoms with Crippen molar-refractivity contribution in [2.45, 2.75) is 84.0 Å². The van der Waals surface area contributed by atoms with E-state index in [-0.39, 0.29) is 35.7 Å². The molecular formula is C45H52N8O7. The number of aromatic nitrogens is 4. The van der Waals surface area contributed by atoms with Crippen LogP contribution in [0.4, 0.5) is 9.59 Å². The molecular weight excluding hydrogens is 765 g/mol. The SMILES string of the molecule is COC(=O)N[C@H](C(=O)N1CCC[C@H]1c1ncc(-c2ccc3c(c2)Oc2cc(-c4ccc5nc([C@@H]6CCCN6C(=O)[C@@H](NC(=O)OC)C(C)C)[nH]c5c4)ccc2C3)[nH]1)C(C)C. The number of nitrogens with zero attached hydrogens (tertiary/aromatic N) is 4. The molecule has 15 heteroatoms. The molecule has 5 aromatic rings. The summed E-state index contributed by atoms with van der Waals surface area (Å²) < 4.78 is 16.1. The topological polar surface area (TPSA) is 184 Å². The molecule has 5 heterocycles. The number of hydrogen-bond acceptors (Lipinski definition) is 9. The average Bonchev–Trinajstić information content (AvgIpc) is 4.09. The zero-order valence-electron chi connectivity index (χ0n) is 34.8. The van der Waals surface area contributed by atoms with Crippen molar-refractivity contribution in [2.75, 3.05) is 27.3 Å². The molecule has 4 amide bonds. The van der Waals surface area contributed by atoms with E-state index in [1.54, 1.807) is 11.1 Å². The van der Waals surface area contributed by atoms with E-state index in [9.17, 15) is 19.2 Å². The van der Waals surface area contributed by atoms with E-state index in [1.165, 1.54) is 14.2 Å². The van der Waals surface area contributed by atoms with Crippen molar-refractivity contribution in [3.05, 3.63) is 83.6 Å². The molecule has 0 aliphatic carbocycles. The number of methoxy groups -OCH3 is 2. The number of alkyl carbamates (subject to hydrolysis) is 2. The molecule has 2 aromatic heterocycles. The van der Waals surface area contributed by atoms with Gasteiger partial charge in [0.1, 0.15) is 35.2 Å². The van der Waals surface area contributed by atoms with Crippen LogP contribution in [-0.2, 0) is 25.5 Å². The molecule has 0 radical (unpaired) electrons. The molecule has 8 rings (SSSR count). The second kappa shape index (κ2) is 16.7. The number of H-pyrrole nitrogens is 2. The number of nitrogens with one attached hydrogen (secondary N) is 4. The van der Waals surface area contributed by atoms with Crippen LogP contribution in [0.15, 0.2) is 60.8 Å². The first-order valence-electron chi connectivity index (χ1n) is 20.7. The molecule has 3 aromatic carbocycles. The minimum atomic E-state index is -0.704. The van der Waals surface area contributed by atoms with Gasteiger partial charge in [0.25, 0.3) is 0 Å². The summed E-state index contributed by atoms with van der Waals surface area (Å²) in [7, 11) is 2.58. The summed E-state index contributed by atoms with van der Waals surface area (Å²) in [4.78, 5) is 71.6. The highest BCUT2D eigenvalue weighted by Crippen LogP contribution is 2.42. The Hall–Kier alpha value is -6.38. The van der Waals surface area contributed by atoms with Crippen LogP contribution in [0.1, 0.15) is 88.2 Å². The van der Waals surface area contributed by atoms with Crippen molar-refractivity contribution in [3.63, 3.8) is 0 Å². The number of carbonyl (C=O) groups is 4. The molecule has 2 saturated heterocycles. The van der Waals surface area contributed by atoms with Gasteiger partial charge in [-0.3, -0.25) is 9.59 Å². The van der Waals surface area contributed by atoms with E-state index in [1.807, 2.05) is 50.8 Å². The maximum absolute atomic E-state index is 13.7. The van der Waals surface area contributed by atoms with Gasteiger partial charge in [0.05, 0.1) is 49.2 Å². The Morgan fingerprint density at radius 3 is 1.83 bits per heavy atom. The van der Waals surface area contributed by atoms with Gasteiger partial charge >= 0.3 is 12.2 Å². The normalized spacial score (nSPS) is 18.2. The van der Waals surface area contributed by atoms with Crippen LogP contribution in [0, 0.1) is 11.8 Å². The molecule has 0 spiro atoms. The number of likely N-dealkylation sites (tertiary alicyclic amines) is 2. The smallest absolute Gasteiger partial charge is 0.407 e. The molecule has 0 unspecified atom stereocenters. The van der Waals surface area contributed by atoms with Crippen molar-refractivity contribution in [3.8, 4) is 33.9 Å². The van der Waals surface area contributed by atoms with Crippen molar-refractivity contribution >= 4 is 35.0 Å². The number of imidazole rings is 2. The van der Waals surface area contributed by atoms with Crippen molar-refractivity contribution < 1.29 is 33.4 Å². The highest BCUT2D eigenvalue weighted by atomic mass is 16.5. The largest absolute Gasteiger partial charge is 0.457 e. The van der Waals surface area contributed by atoms with Gasteiger partial charge in [-0.05, 0) is 84.0 Å². The van der Waals surface area contributed by atoms with Crippen LogP contribution < -0.4 is 15.4 Å². The minimum absolute atomic E-state index is 0.117. The Labute approximate surface area is 348 Å². The van der Waals surface area contributed by atoms with E-state index >= 15 is 0 Å². The van der Waals surface area contributed by atoms with Crippen LogP contribution >= 0.6 is 0 Å². The lowest BCUT2D eigenvalue weighted by Crippen LogP contribution is -2.51. The third-order valence-electron chi connectivity index (χ3n) is 12.0. The Balaban J connectivity index is 0.980. The van der Waals surface area contributed by atoms with Crippen LogP contribution in [0.25, 0.3) is 33.4 Å². The van der Waals surface area contributed by atoms with Gasteiger partial charge < -0.3 is 44.6 Å². The Kier molecular flexibility index (Phi) is 11.2. The van der Waals surface area contributed by atoms with E-state index < -0.39 is 24.3 Å². The number of carbonyl (C=O) groups excluding carboxylic acids is 4. The van der Waals surface area contributed by atoms with Crippen molar-refractivity contribution in [1.29, 1.82) is 0 Å². The summed E-state index contributed by atoms with van der Waals surface area (Å²) in [6, 6.07) is 16.7. The highest BCUT2D eigenvalue weighted by Gasteiger charge is 2.39. The van der Waals surface area contributed by atoms with Gasteiger partial charge in [-0.1, -0.05) is 58.0 Å². The predicted octanol–water partition coefficient (Wildman–Crippen LogP) is 7.40. The molecule has 2 fully saturated rings. The monoisotopic (exact) mass is 816 g/mol. The number of hydrogen-bond donors (Lipinski definition) is 4. The molecule has 4 N–H and O–H groups in total. The Bertz CT molecular complexity index is 2440. The summed E-state index contributed by atoms with van der Waals surface area (Å²) >= 11 is 0. The van der Waals surface area contributed by atoms with Crippen LogP contribution in [0.2, 0.25) is 0 Å². The first kappa shape index (κ1) is 40.4. The molecule has 60 heavy (non-hydrogen) atoms. The van der Waals surface area contributed by atoms with Gasteiger partial charge in [0.15, 0.2) is 0 Å². The molecule has 15 nitrogen and oxygen atoms in total. The number of aromatic amines is 2. The van der Waals surface area contributed by atoms with Gasteiger partial charge in [0, 0.05) is 25.1 Å². The maximum atomic E-state index is 13.7. The van der Waals surface area contributed by atoms with E-state index in [0.717, 1.165) is 94.0 Å². The van der Waals surface area contributed by atoms with E-state index in [4.69, 9.17) is 24.2 Å². The highest BCUT2D eigenvalue weighted by molar-refractivity contribution is 5.88. The molecule has 0 saturated carbocycles. The minimum Gasteiger partial charge on any atom is -0.457 e. The lowest BCUT2D eigenvalue weighted by Gasteiger charge is -2.30. The summed E-state index contributed by atoms with van der Waals surface area (Å²) in [6.07, 6.45) is 4.46. The summed E-state index contributed by atoms with van der Waals surface area (Å²) in [5, 5.41) is 5.41. The standard InChI is InChI=1S/C45H52N8O7/c1-24(2)38(50-44(56)58-5)42(54)52-17-7-9-34(52)40-46-23-33(49-40)28-12-14-30-19-29-13-11-27(21-36(29)60-37(30)22-28)26-15-16-31-32(20-26)48-41(47-31)35-10-8-18-53(35)43(55)39(25(3)4)51-45(57)59-6/h11-16,20-25,34-35,38-39H,7-10,17-19H2,1-6H3,(H,46,49)(H,47,48)(H,50,56)(H,51,57)/t34-,35-,38-,39-/m0/s1. The first-order chi connectivity index (χ1) is 28.9. The van der Waals surface area contributed by atoms with E-state index in [2.05, 4.69) is 57.0 Å². The summed E-state index contributed by atoms with van der Waals surface area (Å²) in [5.41, 5.74) is 7.56. The lowest BCUT2D eigenvalue weighted by molar-refractivity contribution is -0.136. The first-order valence-corrected chi connectivity index (χ1v) is 20.7.